The van der Waals surface area contributed by atoms with E-state index in [1.54, 1.807) is 18.2 Å². The number of carbonyl (C=O) groups is 3. The van der Waals surface area contributed by atoms with Crippen molar-refractivity contribution < 1.29 is 32.6 Å². The molecule has 152 valence electrons. The summed E-state index contributed by atoms with van der Waals surface area (Å²) in [6.45, 7) is 4.82. The zero-order valence-electron chi connectivity index (χ0n) is 16.0. The normalized spacial score (nSPS) is 13.7. The molecule has 0 aliphatic rings. The number of hydrogen-bond donors (Lipinski definition) is 0. The maximum absolute atomic E-state index is 16.5. The molecule has 2 aromatic rings. The first-order valence-electron chi connectivity index (χ1n) is 8.75. The molecule has 0 spiro atoms. The van der Waals surface area contributed by atoms with Crippen LogP contribution in [0.5, 0.6) is 0 Å². The third-order valence-corrected chi connectivity index (χ3v) is 4.34. The van der Waals surface area contributed by atoms with Crippen LogP contribution in [0.3, 0.4) is 0 Å². The van der Waals surface area contributed by atoms with Crippen LogP contribution in [0.4, 0.5) is 8.78 Å². The van der Waals surface area contributed by atoms with Gasteiger partial charge in [0, 0.05) is 11.1 Å². The van der Waals surface area contributed by atoms with Crippen LogP contribution in [-0.4, -0.2) is 37.1 Å². The van der Waals surface area contributed by atoms with E-state index >= 15 is 4.39 Å². The highest BCUT2D eigenvalue weighted by Gasteiger charge is 2.57. The maximum atomic E-state index is 16.5. The maximum Gasteiger partial charge on any atom is 0.353 e. The van der Waals surface area contributed by atoms with Crippen molar-refractivity contribution in [2.75, 3.05) is 13.7 Å². The molecule has 0 aromatic heterocycles. The summed E-state index contributed by atoms with van der Waals surface area (Å²) in [6, 6.07) is 11.7. The zero-order chi connectivity index (χ0) is 21.6. The number of halogens is 2. The minimum atomic E-state index is -3.33. The van der Waals surface area contributed by atoms with Crippen molar-refractivity contribution in [3.63, 3.8) is 0 Å². The average molecular weight is 402 g/mol. The van der Waals surface area contributed by atoms with Gasteiger partial charge in [-0.05, 0) is 36.8 Å². The molecule has 0 heterocycles. The third kappa shape index (κ3) is 4.39. The van der Waals surface area contributed by atoms with Crippen LogP contribution in [0.2, 0.25) is 0 Å². The predicted octanol–water partition coefficient (Wildman–Crippen LogP) is 3.79. The fourth-order valence-corrected chi connectivity index (χ4v) is 2.95. The lowest BCUT2D eigenvalue weighted by atomic mass is 9.74. The van der Waals surface area contributed by atoms with Gasteiger partial charge in [-0.25, -0.2) is 18.4 Å². The first-order chi connectivity index (χ1) is 13.8. The smallest absolute Gasteiger partial charge is 0.353 e. The third-order valence-electron chi connectivity index (χ3n) is 4.34. The highest BCUT2D eigenvalue weighted by molar-refractivity contribution is 6.17. The summed E-state index contributed by atoms with van der Waals surface area (Å²) in [5.74, 6) is -6.10. The highest BCUT2D eigenvalue weighted by Crippen LogP contribution is 2.41. The number of ether oxygens (including phenoxy) is 2. The summed E-state index contributed by atoms with van der Waals surface area (Å²) >= 11 is 0. The van der Waals surface area contributed by atoms with E-state index in [0.717, 1.165) is 31.4 Å². The van der Waals surface area contributed by atoms with Crippen LogP contribution in [-0.2, 0) is 19.1 Å². The van der Waals surface area contributed by atoms with E-state index in [4.69, 9.17) is 4.74 Å². The van der Waals surface area contributed by atoms with Gasteiger partial charge in [0.15, 0.2) is 0 Å². The Morgan fingerprint density at radius 3 is 2.17 bits per heavy atom. The Labute approximate surface area is 166 Å². The zero-order valence-corrected chi connectivity index (χ0v) is 16.0. The lowest BCUT2D eigenvalue weighted by Crippen LogP contribution is -2.50. The van der Waals surface area contributed by atoms with E-state index < -0.39 is 40.7 Å². The molecule has 2 atom stereocenters. The number of hydrogen-bond acceptors (Lipinski definition) is 5. The number of esters is 2. The number of Topliss-reactive ketones (excluding diaryl/α,β-unsaturated/α-hetero) is 1. The van der Waals surface area contributed by atoms with Gasteiger partial charge >= 0.3 is 11.9 Å². The Morgan fingerprint density at radius 1 is 1.07 bits per heavy atom. The molecule has 0 radical (unpaired) electrons. The first kappa shape index (κ1) is 21.9. The Bertz CT molecular complexity index is 909. The van der Waals surface area contributed by atoms with Crippen LogP contribution in [0, 0.1) is 5.82 Å². The minimum Gasteiger partial charge on any atom is -0.466 e. The van der Waals surface area contributed by atoms with E-state index in [-0.39, 0.29) is 17.7 Å². The summed E-state index contributed by atoms with van der Waals surface area (Å²) < 4.78 is 39.2. The summed E-state index contributed by atoms with van der Waals surface area (Å²) in [5, 5.41) is 0. The van der Waals surface area contributed by atoms with Crippen molar-refractivity contribution in [3.05, 3.63) is 83.7 Å². The van der Waals surface area contributed by atoms with Crippen LogP contribution in [0.15, 0.2) is 66.7 Å². The Morgan fingerprint density at radius 2 is 1.66 bits per heavy atom. The number of carbonyl (C=O) groups excluding carboxylic acids is 3. The van der Waals surface area contributed by atoms with Crippen molar-refractivity contribution in [3.8, 4) is 0 Å². The minimum absolute atomic E-state index is 0.147. The molecule has 0 amide bonds. The van der Waals surface area contributed by atoms with Crippen LogP contribution in [0.1, 0.15) is 28.8 Å². The lowest BCUT2D eigenvalue weighted by Gasteiger charge is -2.31. The van der Waals surface area contributed by atoms with Crippen molar-refractivity contribution >= 4 is 17.7 Å². The summed E-state index contributed by atoms with van der Waals surface area (Å²) in [6.07, 6.45) is 0. The molecule has 2 unspecified atom stereocenters. The number of alkyl halides is 1. The topological polar surface area (TPSA) is 69.7 Å². The van der Waals surface area contributed by atoms with Crippen molar-refractivity contribution in [1.82, 2.24) is 0 Å². The van der Waals surface area contributed by atoms with Gasteiger partial charge < -0.3 is 9.47 Å². The van der Waals surface area contributed by atoms with Crippen molar-refractivity contribution in [1.29, 1.82) is 0 Å². The second-order valence-corrected chi connectivity index (χ2v) is 6.13. The molecule has 0 aliphatic carbocycles. The van der Waals surface area contributed by atoms with Gasteiger partial charge in [-0.3, -0.25) is 4.79 Å². The van der Waals surface area contributed by atoms with Gasteiger partial charge in [-0.2, -0.15) is 0 Å². The average Bonchev–Trinajstić information content (AvgIpc) is 2.74. The Hall–Kier alpha value is -3.35. The van der Waals surface area contributed by atoms with E-state index in [1.165, 1.54) is 19.1 Å². The number of rotatable bonds is 8. The molecule has 7 heteroatoms. The molecule has 0 N–H and O–H groups in total. The molecule has 0 saturated heterocycles. The second kappa shape index (κ2) is 9.23. The molecular formula is C22H20F2O5. The number of benzene rings is 2. The van der Waals surface area contributed by atoms with Gasteiger partial charge in [0.05, 0.1) is 19.6 Å². The van der Waals surface area contributed by atoms with Gasteiger partial charge in [0.1, 0.15) is 5.82 Å². The summed E-state index contributed by atoms with van der Waals surface area (Å²) in [4.78, 5) is 38.0. The van der Waals surface area contributed by atoms with E-state index in [9.17, 15) is 18.8 Å². The summed E-state index contributed by atoms with van der Waals surface area (Å²) in [7, 11) is 1.07. The molecular weight excluding hydrogens is 382 g/mol. The fraction of sp³-hybridized carbons (Fsp3) is 0.227. The monoisotopic (exact) mass is 402 g/mol. The van der Waals surface area contributed by atoms with E-state index in [2.05, 4.69) is 11.3 Å². The molecule has 2 rings (SSSR count). The predicted molar refractivity (Wildman–Crippen MR) is 102 cm³/mol. The van der Waals surface area contributed by atoms with Crippen molar-refractivity contribution in [2.24, 2.45) is 0 Å². The SMILES string of the molecule is C=C(C(=O)OC)C(c1ccccc1)C(F)(C(=O)OCC)C(=O)c1ccc(F)cc1. The van der Waals surface area contributed by atoms with Crippen LogP contribution in [0.25, 0.3) is 0 Å². The lowest BCUT2D eigenvalue weighted by molar-refractivity contribution is -0.155. The quantitative estimate of drug-likeness (QED) is 0.291. The molecule has 0 fully saturated rings. The van der Waals surface area contributed by atoms with Crippen molar-refractivity contribution in [2.45, 2.75) is 18.5 Å². The summed E-state index contributed by atoms with van der Waals surface area (Å²) in [5.41, 5.74) is -3.89. The van der Waals surface area contributed by atoms with Crippen LogP contribution < -0.4 is 0 Å². The standard InChI is InChI=1S/C22H20F2O5/c1-4-29-21(27)22(24,19(25)16-10-12-17(23)13-11-16)18(14(2)20(26)28-3)15-8-6-5-7-9-15/h5-13,18H,2,4H2,1,3H3. The van der Waals surface area contributed by atoms with Crippen LogP contribution >= 0.6 is 0 Å². The Kier molecular flexibility index (Phi) is 6.98. The van der Waals surface area contributed by atoms with E-state index in [0.29, 0.717) is 0 Å². The number of methoxy groups -OCH3 is 1. The molecule has 0 aliphatic heterocycles. The molecule has 5 nitrogen and oxygen atoms in total. The van der Waals surface area contributed by atoms with Gasteiger partial charge in [0.25, 0.3) is 5.67 Å². The van der Waals surface area contributed by atoms with Gasteiger partial charge in [0.2, 0.25) is 5.78 Å². The molecule has 0 saturated carbocycles. The molecule has 29 heavy (non-hydrogen) atoms. The second-order valence-electron chi connectivity index (χ2n) is 6.13. The highest BCUT2D eigenvalue weighted by atomic mass is 19.1. The van der Waals surface area contributed by atoms with Gasteiger partial charge in [-0.1, -0.05) is 36.9 Å². The first-order valence-corrected chi connectivity index (χ1v) is 8.75. The van der Waals surface area contributed by atoms with E-state index in [1.807, 2.05) is 0 Å². The largest absolute Gasteiger partial charge is 0.466 e. The molecule has 0 bridgehead atoms. The van der Waals surface area contributed by atoms with Gasteiger partial charge in [-0.15, -0.1) is 0 Å². The molecule has 2 aromatic carbocycles. The fourth-order valence-electron chi connectivity index (χ4n) is 2.95. The number of ketones is 1. The Balaban J connectivity index is 2.72.